The Morgan fingerprint density at radius 2 is 2.31 bits per heavy atom. The van der Waals surface area contributed by atoms with Gasteiger partial charge in [-0.05, 0) is 24.6 Å². The SMILES string of the molecule is COCc1noc2cc(C)ccc12. The van der Waals surface area contributed by atoms with Crippen molar-refractivity contribution in [2.24, 2.45) is 0 Å². The number of aromatic nitrogens is 1. The molecule has 0 atom stereocenters. The van der Waals surface area contributed by atoms with Crippen molar-refractivity contribution in [1.82, 2.24) is 5.16 Å². The van der Waals surface area contributed by atoms with Gasteiger partial charge in [0.1, 0.15) is 5.69 Å². The fraction of sp³-hybridized carbons (Fsp3) is 0.300. The van der Waals surface area contributed by atoms with Crippen molar-refractivity contribution in [3.63, 3.8) is 0 Å². The van der Waals surface area contributed by atoms with E-state index in [-0.39, 0.29) is 0 Å². The Hall–Kier alpha value is -1.35. The molecule has 1 aromatic heterocycles. The third-order valence-corrected chi connectivity index (χ3v) is 1.98. The zero-order valence-electron chi connectivity index (χ0n) is 7.70. The van der Waals surface area contributed by atoms with Gasteiger partial charge in [-0.15, -0.1) is 0 Å². The molecule has 13 heavy (non-hydrogen) atoms. The van der Waals surface area contributed by atoms with Crippen molar-refractivity contribution in [2.45, 2.75) is 13.5 Å². The second-order valence-corrected chi connectivity index (χ2v) is 3.06. The molecule has 0 amide bonds. The summed E-state index contributed by atoms with van der Waals surface area (Å²) in [6.45, 7) is 2.52. The molecule has 3 nitrogen and oxygen atoms in total. The molecule has 0 saturated carbocycles. The number of hydrogen-bond acceptors (Lipinski definition) is 3. The molecule has 0 bridgehead atoms. The van der Waals surface area contributed by atoms with Crippen LogP contribution in [0.25, 0.3) is 11.0 Å². The first kappa shape index (κ1) is 8.26. The second-order valence-electron chi connectivity index (χ2n) is 3.06. The first-order valence-electron chi connectivity index (χ1n) is 4.15. The summed E-state index contributed by atoms with van der Waals surface area (Å²) < 4.78 is 10.2. The maximum absolute atomic E-state index is 5.15. The molecule has 2 aromatic rings. The molecular formula is C10H11NO2. The Morgan fingerprint density at radius 1 is 1.46 bits per heavy atom. The first-order chi connectivity index (χ1) is 6.31. The Bertz CT molecular complexity index is 420. The molecule has 0 saturated heterocycles. The molecule has 68 valence electrons. The number of fused-ring (bicyclic) bond motifs is 1. The Kier molecular flexibility index (Phi) is 2.02. The smallest absolute Gasteiger partial charge is 0.167 e. The van der Waals surface area contributed by atoms with Crippen LogP contribution >= 0.6 is 0 Å². The summed E-state index contributed by atoms with van der Waals surface area (Å²) in [4.78, 5) is 0. The quantitative estimate of drug-likeness (QED) is 0.705. The van der Waals surface area contributed by atoms with Gasteiger partial charge >= 0.3 is 0 Å². The average Bonchev–Trinajstić information content (AvgIpc) is 2.49. The predicted molar refractivity (Wildman–Crippen MR) is 49.5 cm³/mol. The van der Waals surface area contributed by atoms with Crippen LogP contribution in [0.1, 0.15) is 11.3 Å². The topological polar surface area (TPSA) is 35.3 Å². The van der Waals surface area contributed by atoms with Gasteiger partial charge < -0.3 is 9.26 Å². The molecule has 1 aromatic carbocycles. The van der Waals surface area contributed by atoms with Crippen LogP contribution in [-0.4, -0.2) is 12.3 Å². The minimum absolute atomic E-state index is 0.496. The maximum atomic E-state index is 5.15. The number of benzene rings is 1. The lowest BCUT2D eigenvalue weighted by Gasteiger charge is -1.93. The second kappa shape index (κ2) is 3.18. The third-order valence-electron chi connectivity index (χ3n) is 1.98. The van der Waals surface area contributed by atoms with Crippen LogP contribution in [0.5, 0.6) is 0 Å². The lowest BCUT2D eigenvalue weighted by atomic mass is 10.1. The number of aryl methyl sites for hydroxylation is 1. The van der Waals surface area contributed by atoms with E-state index in [2.05, 4.69) is 5.16 Å². The highest BCUT2D eigenvalue weighted by Crippen LogP contribution is 2.19. The van der Waals surface area contributed by atoms with E-state index in [0.717, 1.165) is 16.7 Å². The van der Waals surface area contributed by atoms with Gasteiger partial charge in [0.15, 0.2) is 5.58 Å². The predicted octanol–water partition coefficient (Wildman–Crippen LogP) is 2.28. The van der Waals surface area contributed by atoms with Crippen LogP contribution < -0.4 is 0 Å². The fourth-order valence-electron chi connectivity index (χ4n) is 1.34. The van der Waals surface area contributed by atoms with Crippen LogP contribution in [0.2, 0.25) is 0 Å². The van der Waals surface area contributed by atoms with Gasteiger partial charge in [-0.25, -0.2) is 0 Å². The average molecular weight is 177 g/mol. The monoisotopic (exact) mass is 177 g/mol. The molecule has 0 radical (unpaired) electrons. The van der Waals surface area contributed by atoms with E-state index in [1.165, 1.54) is 5.56 Å². The van der Waals surface area contributed by atoms with Crippen LogP contribution in [0.15, 0.2) is 22.7 Å². The number of nitrogens with zero attached hydrogens (tertiary/aromatic N) is 1. The summed E-state index contributed by atoms with van der Waals surface area (Å²) in [5, 5.41) is 4.96. The largest absolute Gasteiger partial charge is 0.378 e. The van der Waals surface area contributed by atoms with E-state index in [1.807, 2.05) is 25.1 Å². The molecule has 0 aliphatic heterocycles. The zero-order valence-corrected chi connectivity index (χ0v) is 7.70. The van der Waals surface area contributed by atoms with Crippen molar-refractivity contribution in [1.29, 1.82) is 0 Å². The minimum atomic E-state index is 0.496. The fourth-order valence-corrected chi connectivity index (χ4v) is 1.34. The van der Waals surface area contributed by atoms with Crippen LogP contribution in [0, 0.1) is 6.92 Å². The highest BCUT2D eigenvalue weighted by Gasteiger charge is 2.06. The van der Waals surface area contributed by atoms with Crippen molar-refractivity contribution in [3.05, 3.63) is 29.5 Å². The summed E-state index contributed by atoms with van der Waals surface area (Å²) in [5.41, 5.74) is 2.86. The molecule has 2 rings (SSSR count). The highest BCUT2D eigenvalue weighted by molar-refractivity contribution is 5.79. The number of methoxy groups -OCH3 is 1. The van der Waals surface area contributed by atoms with E-state index in [9.17, 15) is 0 Å². The van der Waals surface area contributed by atoms with Crippen molar-refractivity contribution in [3.8, 4) is 0 Å². The van der Waals surface area contributed by atoms with Crippen molar-refractivity contribution < 1.29 is 9.26 Å². The Morgan fingerprint density at radius 3 is 3.08 bits per heavy atom. The molecule has 0 aliphatic rings. The molecule has 0 unspecified atom stereocenters. The van der Waals surface area contributed by atoms with E-state index >= 15 is 0 Å². The molecule has 0 spiro atoms. The number of rotatable bonds is 2. The number of ether oxygens (including phenoxy) is 1. The molecule has 0 fully saturated rings. The molecule has 0 N–H and O–H groups in total. The zero-order chi connectivity index (χ0) is 9.26. The Labute approximate surface area is 76.3 Å². The van der Waals surface area contributed by atoms with Gasteiger partial charge in [0.2, 0.25) is 0 Å². The van der Waals surface area contributed by atoms with Gasteiger partial charge in [0, 0.05) is 12.5 Å². The maximum Gasteiger partial charge on any atom is 0.167 e. The summed E-state index contributed by atoms with van der Waals surface area (Å²) in [5.74, 6) is 0. The number of hydrogen-bond donors (Lipinski definition) is 0. The van der Waals surface area contributed by atoms with Crippen LogP contribution in [-0.2, 0) is 11.3 Å². The standard InChI is InChI=1S/C10H11NO2/c1-7-3-4-8-9(6-12-2)11-13-10(8)5-7/h3-5H,6H2,1-2H3. The van der Waals surface area contributed by atoms with E-state index in [4.69, 9.17) is 9.26 Å². The van der Waals surface area contributed by atoms with E-state index < -0.39 is 0 Å². The van der Waals surface area contributed by atoms with Gasteiger partial charge in [-0.2, -0.15) is 0 Å². The molecule has 1 heterocycles. The first-order valence-corrected chi connectivity index (χ1v) is 4.15. The normalized spacial score (nSPS) is 10.9. The molecular weight excluding hydrogens is 166 g/mol. The molecule has 0 aliphatic carbocycles. The summed E-state index contributed by atoms with van der Waals surface area (Å²) in [7, 11) is 1.65. The van der Waals surface area contributed by atoms with Crippen LogP contribution in [0.3, 0.4) is 0 Å². The lowest BCUT2D eigenvalue weighted by molar-refractivity contribution is 0.178. The summed E-state index contributed by atoms with van der Waals surface area (Å²) >= 11 is 0. The van der Waals surface area contributed by atoms with E-state index in [0.29, 0.717) is 6.61 Å². The van der Waals surface area contributed by atoms with Crippen LogP contribution in [0.4, 0.5) is 0 Å². The lowest BCUT2D eigenvalue weighted by Crippen LogP contribution is -1.86. The Balaban J connectivity index is 2.55. The van der Waals surface area contributed by atoms with Crippen molar-refractivity contribution in [2.75, 3.05) is 7.11 Å². The van der Waals surface area contributed by atoms with Gasteiger partial charge in [-0.3, -0.25) is 0 Å². The van der Waals surface area contributed by atoms with Gasteiger partial charge in [0.05, 0.1) is 6.61 Å². The van der Waals surface area contributed by atoms with Crippen molar-refractivity contribution >= 4 is 11.0 Å². The summed E-state index contributed by atoms with van der Waals surface area (Å²) in [6, 6.07) is 6.02. The highest BCUT2D eigenvalue weighted by atomic mass is 16.5. The van der Waals surface area contributed by atoms with E-state index in [1.54, 1.807) is 7.11 Å². The summed E-state index contributed by atoms with van der Waals surface area (Å²) in [6.07, 6.45) is 0. The molecule has 3 heteroatoms. The third kappa shape index (κ3) is 1.42. The van der Waals surface area contributed by atoms with Gasteiger partial charge in [0.25, 0.3) is 0 Å². The van der Waals surface area contributed by atoms with Gasteiger partial charge in [-0.1, -0.05) is 11.2 Å². The minimum Gasteiger partial charge on any atom is -0.378 e.